The lowest BCUT2D eigenvalue weighted by molar-refractivity contribution is -0.121. The summed E-state index contributed by atoms with van der Waals surface area (Å²) in [6.07, 6.45) is 0.179. The molecule has 1 heterocycles. The number of rotatable bonds is 6. The first kappa shape index (κ1) is 16.2. The first-order valence-electron chi connectivity index (χ1n) is 8.06. The Morgan fingerprint density at radius 2 is 1.79 bits per heavy atom. The summed E-state index contributed by atoms with van der Waals surface area (Å²) >= 11 is 0. The lowest BCUT2D eigenvalue weighted by Gasteiger charge is -2.16. The standard InChI is InChI=1S/C19H20N2O3/c1-2-24-16-10-8-15(9-11-16)21-18(22)12-17(19(21)23)20-13-14-6-4-3-5-7-14/h3-11,17,20H,2,12-13H2,1H3. The summed E-state index contributed by atoms with van der Waals surface area (Å²) in [4.78, 5) is 26.1. The number of nitrogens with one attached hydrogen (secondary N) is 1. The Bertz CT molecular complexity index is 713. The molecular formula is C19H20N2O3. The molecule has 24 heavy (non-hydrogen) atoms. The van der Waals surface area contributed by atoms with Gasteiger partial charge in [0.15, 0.2) is 0 Å². The van der Waals surface area contributed by atoms with E-state index in [1.54, 1.807) is 24.3 Å². The van der Waals surface area contributed by atoms with E-state index in [-0.39, 0.29) is 18.2 Å². The fourth-order valence-electron chi connectivity index (χ4n) is 2.76. The number of carbonyl (C=O) groups excluding carboxylic acids is 2. The molecule has 3 rings (SSSR count). The molecule has 1 fully saturated rings. The monoisotopic (exact) mass is 324 g/mol. The first-order valence-corrected chi connectivity index (χ1v) is 8.06. The van der Waals surface area contributed by atoms with E-state index in [4.69, 9.17) is 4.74 Å². The van der Waals surface area contributed by atoms with Crippen molar-refractivity contribution in [2.45, 2.75) is 25.9 Å². The molecule has 1 unspecified atom stereocenters. The first-order chi connectivity index (χ1) is 11.7. The Morgan fingerprint density at radius 1 is 1.08 bits per heavy atom. The molecule has 1 atom stereocenters. The van der Waals surface area contributed by atoms with Crippen LogP contribution in [0.2, 0.25) is 0 Å². The number of anilines is 1. The molecule has 2 aromatic carbocycles. The molecule has 1 saturated heterocycles. The van der Waals surface area contributed by atoms with Crippen LogP contribution in [-0.2, 0) is 16.1 Å². The Hall–Kier alpha value is -2.66. The van der Waals surface area contributed by atoms with Crippen LogP contribution < -0.4 is 15.0 Å². The van der Waals surface area contributed by atoms with Crippen LogP contribution in [0.5, 0.6) is 5.75 Å². The molecule has 0 saturated carbocycles. The van der Waals surface area contributed by atoms with Gasteiger partial charge in [-0.2, -0.15) is 0 Å². The van der Waals surface area contributed by atoms with Gasteiger partial charge in [0.05, 0.1) is 24.8 Å². The van der Waals surface area contributed by atoms with E-state index < -0.39 is 6.04 Å². The molecule has 5 nitrogen and oxygen atoms in total. The highest BCUT2D eigenvalue weighted by atomic mass is 16.5. The average molecular weight is 324 g/mol. The zero-order valence-corrected chi connectivity index (χ0v) is 13.6. The van der Waals surface area contributed by atoms with Crippen LogP contribution in [0.3, 0.4) is 0 Å². The van der Waals surface area contributed by atoms with Gasteiger partial charge in [-0.15, -0.1) is 0 Å². The van der Waals surface area contributed by atoms with Crippen LogP contribution in [-0.4, -0.2) is 24.5 Å². The van der Waals surface area contributed by atoms with E-state index in [1.165, 1.54) is 4.90 Å². The molecule has 1 aliphatic heterocycles. The highest BCUT2D eigenvalue weighted by molar-refractivity contribution is 6.22. The van der Waals surface area contributed by atoms with Crippen LogP contribution in [0.25, 0.3) is 0 Å². The van der Waals surface area contributed by atoms with Gasteiger partial charge in [0, 0.05) is 6.54 Å². The molecule has 0 bridgehead atoms. The number of hydrogen-bond acceptors (Lipinski definition) is 4. The van der Waals surface area contributed by atoms with Crippen LogP contribution in [0.15, 0.2) is 54.6 Å². The predicted molar refractivity (Wildman–Crippen MR) is 91.8 cm³/mol. The van der Waals surface area contributed by atoms with Crippen LogP contribution in [0.1, 0.15) is 18.9 Å². The van der Waals surface area contributed by atoms with Crippen molar-refractivity contribution >= 4 is 17.5 Å². The van der Waals surface area contributed by atoms with Gasteiger partial charge >= 0.3 is 0 Å². The normalized spacial score (nSPS) is 17.4. The predicted octanol–water partition coefficient (Wildman–Crippen LogP) is 2.51. The van der Waals surface area contributed by atoms with Gasteiger partial charge in [0.2, 0.25) is 5.91 Å². The molecule has 0 radical (unpaired) electrons. The van der Waals surface area contributed by atoms with Crippen molar-refractivity contribution in [3.63, 3.8) is 0 Å². The van der Waals surface area contributed by atoms with E-state index in [9.17, 15) is 9.59 Å². The third-order valence-electron chi connectivity index (χ3n) is 3.95. The van der Waals surface area contributed by atoms with Gasteiger partial charge in [-0.1, -0.05) is 30.3 Å². The van der Waals surface area contributed by atoms with Crippen molar-refractivity contribution in [3.05, 3.63) is 60.2 Å². The molecular weight excluding hydrogens is 304 g/mol. The zero-order valence-electron chi connectivity index (χ0n) is 13.6. The third-order valence-corrected chi connectivity index (χ3v) is 3.95. The highest BCUT2D eigenvalue weighted by Crippen LogP contribution is 2.25. The number of carbonyl (C=O) groups is 2. The van der Waals surface area contributed by atoms with Gasteiger partial charge in [-0.05, 0) is 36.8 Å². The fraction of sp³-hybridized carbons (Fsp3) is 0.263. The van der Waals surface area contributed by atoms with Gasteiger partial charge in [0.1, 0.15) is 5.75 Å². The largest absolute Gasteiger partial charge is 0.494 e. The second kappa shape index (κ2) is 7.27. The lowest BCUT2D eigenvalue weighted by Crippen LogP contribution is -2.38. The number of hydrogen-bond donors (Lipinski definition) is 1. The van der Waals surface area contributed by atoms with Crippen molar-refractivity contribution < 1.29 is 14.3 Å². The maximum atomic E-state index is 12.6. The Kier molecular flexibility index (Phi) is 4.91. The van der Waals surface area contributed by atoms with Crippen molar-refractivity contribution in [1.82, 2.24) is 5.32 Å². The summed E-state index contributed by atoms with van der Waals surface area (Å²) in [7, 11) is 0. The van der Waals surface area contributed by atoms with Crippen molar-refractivity contribution in [3.8, 4) is 5.75 Å². The quantitative estimate of drug-likeness (QED) is 0.830. The van der Waals surface area contributed by atoms with Crippen molar-refractivity contribution in [2.75, 3.05) is 11.5 Å². The second-order valence-corrected chi connectivity index (χ2v) is 5.62. The van der Waals surface area contributed by atoms with E-state index in [2.05, 4.69) is 5.32 Å². The number of benzene rings is 2. The Balaban J connectivity index is 1.67. The summed E-state index contributed by atoms with van der Waals surface area (Å²) in [5, 5.41) is 3.17. The summed E-state index contributed by atoms with van der Waals surface area (Å²) in [5.74, 6) is 0.328. The summed E-state index contributed by atoms with van der Waals surface area (Å²) in [5.41, 5.74) is 1.66. The molecule has 5 heteroatoms. The van der Waals surface area contributed by atoms with Gasteiger partial charge in [-0.25, -0.2) is 4.90 Å². The molecule has 2 aromatic rings. The van der Waals surface area contributed by atoms with Gasteiger partial charge in [0.25, 0.3) is 5.91 Å². The topological polar surface area (TPSA) is 58.6 Å². The SMILES string of the molecule is CCOc1ccc(N2C(=O)CC(NCc3ccccc3)C2=O)cc1. The lowest BCUT2D eigenvalue weighted by atomic mass is 10.2. The fourth-order valence-corrected chi connectivity index (χ4v) is 2.76. The number of amides is 2. The number of imide groups is 1. The molecule has 124 valence electrons. The number of ether oxygens (including phenoxy) is 1. The maximum Gasteiger partial charge on any atom is 0.251 e. The molecule has 0 aliphatic carbocycles. The minimum Gasteiger partial charge on any atom is -0.494 e. The van der Waals surface area contributed by atoms with Crippen LogP contribution in [0.4, 0.5) is 5.69 Å². The highest BCUT2D eigenvalue weighted by Gasteiger charge is 2.39. The van der Waals surface area contributed by atoms with Crippen LogP contribution in [0, 0.1) is 0 Å². The number of nitrogens with zero attached hydrogens (tertiary/aromatic N) is 1. The summed E-state index contributed by atoms with van der Waals surface area (Å²) in [6, 6.07) is 16.3. The van der Waals surface area contributed by atoms with Crippen LogP contribution >= 0.6 is 0 Å². The minimum atomic E-state index is -0.482. The van der Waals surface area contributed by atoms with E-state index >= 15 is 0 Å². The Morgan fingerprint density at radius 3 is 2.46 bits per heavy atom. The van der Waals surface area contributed by atoms with Crippen molar-refractivity contribution in [2.24, 2.45) is 0 Å². The van der Waals surface area contributed by atoms with Gasteiger partial charge in [-0.3, -0.25) is 9.59 Å². The molecule has 2 amide bonds. The van der Waals surface area contributed by atoms with E-state index in [1.807, 2.05) is 37.3 Å². The summed E-state index contributed by atoms with van der Waals surface area (Å²) < 4.78 is 5.39. The molecule has 0 aromatic heterocycles. The van der Waals surface area contributed by atoms with Crippen molar-refractivity contribution in [1.29, 1.82) is 0 Å². The maximum absolute atomic E-state index is 12.6. The second-order valence-electron chi connectivity index (χ2n) is 5.62. The zero-order chi connectivity index (χ0) is 16.9. The Labute approximate surface area is 141 Å². The smallest absolute Gasteiger partial charge is 0.251 e. The van der Waals surface area contributed by atoms with E-state index in [0.29, 0.717) is 18.8 Å². The van der Waals surface area contributed by atoms with E-state index in [0.717, 1.165) is 11.3 Å². The molecule has 1 N–H and O–H groups in total. The van der Waals surface area contributed by atoms with Gasteiger partial charge < -0.3 is 10.1 Å². The minimum absolute atomic E-state index is 0.179. The summed E-state index contributed by atoms with van der Waals surface area (Å²) in [6.45, 7) is 3.04. The molecule has 1 aliphatic rings. The molecule has 0 spiro atoms. The third kappa shape index (κ3) is 3.46. The average Bonchev–Trinajstić information content (AvgIpc) is 2.89.